The van der Waals surface area contributed by atoms with Crippen molar-refractivity contribution in [3.8, 4) is 11.4 Å². The molecule has 2 aliphatic rings. The molecule has 10 heteroatoms. The van der Waals surface area contributed by atoms with Crippen LogP contribution in [0.2, 0.25) is 0 Å². The Bertz CT molecular complexity index is 1360. The highest BCUT2D eigenvalue weighted by Gasteiger charge is 2.29. The van der Waals surface area contributed by atoms with Crippen molar-refractivity contribution in [1.29, 1.82) is 0 Å². The van der Waals surface area contributed by atoms with E-state index in [1.165, 1.54) is 18.6 Å². The summed E-state index contributed by atoms with van der Waals surface area (Å²) in [5, 5.41) is 4.43. The molecule has 3 N–H and O–H groups in total. The number of carbonyl (C=O) groups is 1. The van der Waals surface area contributed by atoms with Crippen LogP contribution in [0.15, 0.2) is 58.5 Å². The Kier molecular flexibility index (Phi) is 8.83. The van der Waals surface area contributed by atoms with Gasteiger partial charge in [0.2, 0.25) is 5.91 Å². The van der Waals surface area contributed by atoms with Gasteiger partial charge in [-0.05, 0) is 62.2 Å². The second-order valence-corrected chi connectivity index (χ2v) is 11.2. The van der Waals surface area contributed by atoms with Crippen LogP contribution in [0.4, 0.5) is 10.1 Å². The fraction of sp³-hybridized carbons (Fsp3) is 0.414. The molecule has 0 radical (unpaired) electrons. The number of nitrogens with two attached hydrogens (primary N) is 1. The number of fused-ring (bicyclic) bond motifs is 1. The number of nitrogen functional groups attached to an aromatic ring is 1. The van der Waals surface area contributed by atoms with Crippen LogP contribution in [-0.2, 0) is 17.8 Å². The van der Waals surface area contributed by atoms with Gasteiger partial charge >= 0.3 is 0 Å². The molecule has 0 atom stereocenters. The number of halogens is 1. The van der Waals surface area contributed by atoms with E-state index in [-0.39, 0.29) is 23.8 Å². The first-order valence-corrected chi connectivity index (χ1v) is 14.4. The lowest BCUT2D eigenvalue weighted by Gasteiger charge is -2.30. The van der Waals surface area contributed by atoms with Gasteiger partial charge in [0.15, 0.2) is 5.16 Å². The van der Waals surface area contributed by atoms with E-state index >= 15 is 0 Å². The summed E-state index contributed by atoms with van der Waals surface area (Å²) < 4.78 is 20.2. The van der Waals surface area contributed by atoms with Gasteiger partial charge in [-0.1, -0.05) is 30.3 Å². The molecule has 2 heterocycles. The minimum absolute atomic E-state index is 0.00815. The Morgan fingerprint density at radius 1 is 1.15 bits per heavy atom. The highest BCUT2D eigenvalue weighted by Crippen LogP contribution is 2.37. The number of carbonyl (C=O) groups excluding carboxylic acids is 1. The van der Waals surface area contributed by atoms with E-state index in [9.17, 15) is 14.0 Å². The smallest absolute Gasteiger partial charge is 0.264 e. The first kappa shape index (κ1) is 27.2. The lowest BCUT2D eigenvalue weighted by molar-refractivity contribution is -0.132. The fourth-order valence-corrected chi connectivity index (χ4v) is 6.00. The summed E-state index contributed by atoms with van der Waals surface area (Å²) in [6.07, 6.45) is 5.12. The van der Waals surface area contributed by atoms with Gasteiger partial charge in [-0.3, -0.25) is 14.2 Å². The average Bonchev–Trinajstić information content (AvgIpc) is 2.92. The highest BCUT2D eigenvalue weighted by molar-refractivity contribution is 7.99. The second-order valence-electron chi connectivity index (χ2n) is 9.91. The number of benzene rings is 2. The van der Waals surface area contributed by atoms with E-state index in [0.717, 1.165) is 25.0 Å². The number of hydrogen-bond donors (Lipinski definition) is 2. The van der Waals surface area contributed by atoms with E-state index in [0.29, 0.717) is 72.2 Å². The third kappa shape index (κ3) is 6.62. The molecule has 1 fully saturated rings. The molecular formula is C29H34FN5O3S. The number of rotatable bonds is 11. The maximum Gasteiger partial charge on any atom is 0.264 e. The van der Waals surface area contributed by atoms with E-state index < -0.39 is 0 Å². The molecule has 3 aromatic rings. The third-order valence-electron chi connectivity index (χ3n) is 7.15. The molecule has 0 saturated heterocycles. The van der Waals surface area contributed by atoms with Gasteiger partial charge in [0.25, 0.3) is 5.56 Å². The Morgan fingerprint density at radius 3 is 2.69 bits per heavy atom. The Balaban J connectivity index is 1.17. The second kappa shape index (κ2) is 12.7. The van der Waals surface area contributed by atoms with E-state index in [1.54, 1.807) is 39.4 Å². The first-order valence-electron chi connectivity index (χ1n) is 13.5. The molecule has 2 aromatic carbocycles. The summed E-state index contributed by atoms with van der Waals surface area (Å²) in [6.45, 7) is 2.55. The monoisotopic (exact) mass is 551 g/mol. The summed E-state index contributed by atoms with van der Waals surface area (Å²) in [5.74, 6) is 0.351. The zero-order valence-corrected chi connectivity index (χ0v) is 22.7. The molecule has 1 saturated carbocycles. The summed E-state index contributed by atoms with van der Waals surface area (Å²) in [7, 11) is 0. The summed E-state index contributed by atoms with van der Waals surface area (Å²) in [4.78, 5) is 33.4. The first-order chi connectivity index (χ1) is 19.0. The molecule has 1 aliphatic heterocycles. The van der Waals surface area contributed by atoms with Crippen molar-refractivity contribution < 1.29 is 13.9 Å². The zero-order chi connectivity index (χ0) is 27.2. The van der Waals surface area contributed by atoms with Crippen LogP contribution in [0.5, 0.6) is 5.75 Å². The van der Waals surface area contributed by atoms with Gasteiger partial charge in [0.1, 0.15) is 11.6 Å². The molecule has 1 amide bonds. The van der Waals surface area contributed by atoms with Crippen molar-refractivity contribution in [3.05, 3.63) is 76.0 Å². The van der Waals surface area contributed by atoms with Gasteiger partial charge in [0.05, 0.1) is 35.8 Å². The summed E-state index contributed by atoms with van der Waals surface area (Å²) >= 11 is 1.66. The average molecular weight is 552 g/mol. The van der Waals surface area contributed by atoms with Gasteiger partial charge in [-0.15, -0.1) is 0 Å². The van der Waals surface area contributed by atoms with Gasteiger partial charge < -0.3 is 20.7 Å². The number of anilines is 1. The number of nitrogens with one attached hydrogen (secondary N) is 1. The SMILES string of the molecule is Nc1ccccc1-n1c(SC2CCC2)nc2c(c1=O)CN(C(=O)CCNCCCOc1ccc(F)cc1)CC2. The molecule has 5 rings (SSSR count). The number of para-hydroxylation sites is 2. The molecule has 0 unspecified atom stereocenters. The molecule has 8 nitrogen and oxygen atoms in total. The number of amides is 1. The van der Waals surface area contributed by atoms with E-state index in [4.69, 9.17) is 15.5 Å². The number of nitrogens with zero attached hydrogens (tertiary/aromatic N) is 3. The van der Waals surface area contributed by atoms with Crippen LogP contribution >= 0.6 is 11.8 Å². The molecular weight excluding hydrogens is 517 g/mol. The van der Waals surface area contributed by atoms with Gasteiger partial charge in [0, 0.05) is 31.2 Å². The van der Waals surface area contributed by atoms with Crippen molar-refractivity contribution in [2.24, 2.45) is 0 Å². The molecule has 0 bridgehead atoms. The van der Waals surface area contributed by atoms with Crippen LogP contribution in [0.25, 0.3) is 5.69 Å². The largest absolute Gasteiger partial charge is 0.494 e. The minimum atomic E-state index is -0.290. The number of hydrogen-bond acceptors (Lipinski definition) is 7. The molecule has 1 aliphatic carbocycles. The molecule has 206 valence electrons. The predicted octanol–water partition coefficient (Wildman–Crippen LogP) is 3.93. The van der Waals surface area contributed by atoms with Gasteiger partial charge in [-0.25, -0.2) is 9.37 Å². The molecule has 1 aromatic heterocycles. The van der Waals surface area contributed by atoms with Crippen molar-refractivity contribution in [3.63, 3.8) is 0 Å². The normalized spacial score (nSPS) is 15.1. The maximum atomic E-state index is 13.8. The quantitative estimate of drug-likeness (QED) is 0.212. The standard InChI is InChI=1S/C29H34FN5O3S/c30-20-9-11-21(12-10-20)38-18-4-15-32-16-13-27(36)34-17-14-25-23(19-34)28(37)35(26-8-2-1-7-24(26)31)29(33-25)39-22-5-3-6-22/h1-2,7-12,22,32H,3-6,13-19,31H2. The minimum Gasteiger partial charge on any atom is -0.494 e. The van der Waals surface area contributed by atoms with Crippen LogP contribution in [0.1, 0.15) is 43.4 Å². The third-order valence-corrected chi connectivity index (χ3v) is 8.44. The Hall–Kier alpha value is -3.37. The fourth-order valence-electron chi connectivity index (χ4n) is 4.68. The maximum absolute atomic E-state index is 13.8. The van der Waals surface area contributed by atoms with Crippen molar-refractivity contribution in [1.82, 2.24) is 19.8 Å². The van der Waals surface area contributed by atoms with E-state index in [2.05, 4.69) is 5.32 Å². The van der Waals surface area contributed by atoms with Crippen LogP contribution in [0.3, 0.4) is 0 Å². The number of ether oxygens (including phenoxy) is 1. The van der Waals surface area contributed by atoms with Crippen molar-refractivity contribution >= 4 is 23.4 Å². The molecule has 0 spiro atoms. The lowest BCUT2D eigenvalue weighted by Crippen LogP contribution is -2.42. The summed E-state index contributed by atoms with van der Waals surface area (Å²) in [5.41, 5.74) is 8.64. The van der Waals surface area contributed by atoms with Crippen molar-refractivity contribution in [2.75, 3.05) is 32.0 Å². The lowest BCUT2D eigenvalue weighted by atomic mass is 10.0. The highest BCUT2D eigenvalue weighted by atomic mass is 32.2. The van der Waals surface area contributed by atoms with E-state index in [1.807, 2.05) is 18.2 Å². The number of aromatic nitrogens is 2. The van der Waals surface area contributed by atoms with Gasteiger partial charge in [-0.2, -0.15) is 0 Å². The van der Waals surface area contributed by atoms with Crippen LogP contribution in [0, 0.1) is 5.82 Å². The zero-order valence-electron chi connectivity index (χ0n) is 21.9. The number of thioether (sulfide) groups is 1. The summed E-state index contributed by atoms with van der Waals surface area (Å²) in [6, 6.07) is 13.3. The van der Waals surface area contributed by atoms with Crippen molar-refractivity contribution in [2.45, 2.75) is 55.5 Å². The topological polar surface area (TPSA) is 102 Å². The Labute approximate surface area is 231 Å². The predicted molar refractivity (Wildman–Crippen MR) is 151 cm³/mol. The van der Waals surface area contributed by atoms with Crippen LogP contribution in [-0.4, -0.2) is 51.8 Å². The Morgan fingerprint density at radius 2 is 1.95 bits per heavy atom. The van der Waals surface area contributed by atoms with Crippen LogP contribution < -0.4 is 21.3 Å². The molecule has 39 heavy (non-hydrogen) atoms.